The van der Waals surface area contributed by atoms with Crippen molar-refractivity contribution in [2.24, 2.45) is 11.7 Å². The zero-order valence-electron chi connectivity index (χ0n) is 9.00. The first kappa shape index (κ1) is 12.0. The molecule has 0 bridgehead atoms. The third-order valence-electron chi connectivity index (χ3n) is 2.86. The zero-order valence-corrected chi connectivity index (χ0v) is 9.00. The Balaban J connectivity index is 2.82. The average molecular weight is 214 g/mol. The lowest BCUT2D eigenvalue weighted by molar-refractivity contribution is 0.00430. The number of nitrogens with zero attached hydrogens (tertiary/aromatic N) is 1. The van der Waals surface area contributed by atoms with Crippen LogP contribution in [0.15, 0.2) is 12.3 Å². The maximum absolute atomic E-state index is 11.1. The van der Waals surface area contributed by atoms with E-state index in [2.05, 4.69) is 0 Å². The van der Waals surface area contributed by atoms with E-state index in [1.54, 1.807) is 13.0 Å². The highest BCUT2D eigenvalue weighted by atomic mass is 16.3. The molecule has 0 spiro atoms. The van der Waals surface area contributed by atoms with Crippen molar-refractivity contribution in [3.63, 3.8) is 0 Å². The molecule has 0 aromatic rings. The van der Waals surface area contributed by atoms with Crippen LogP contribution < -0.4 is 5.73 Å². The van der Waals surface area contributed by atoms with E-state index in [0.717, 1.165) is 0 Å². The van der Waals surface area contributed by atoms with Gasteiger partial charge in [0.2, 0.25) is 0 Å². The number of urea groups is 1. The minimum atomic E-state index is -0.927. The lowest BCUT2D eigenvalue weighted by Crippen LogP contribution is -2.45. The van der Waals surface area contributed by atoms with Gasteiger partial charge in [0.15, 0.2) is 0 Å². The van der Waals surface area contributed by atoms with Crippen molar-refractivity contribution in [1.82, 2.24) is 4.90 Å². The number of hydrogen-bond acceptors (Lipinski definition) is 3. The van der Waals surface area contributed by atoms with Gasteiger partial charge in [-0.2, -0.15) is 0 Å². The minimum Gasteiger partial charge on any atom is -0.390 e. The summed E-state index contributed by atoms with van der Waals surface area (Å²) in [6, 6.07) is -1.04. The molecule has 0 heterocycles. The van der Waals surface area contributed by atoms with Gasteiger partial charge >= 0.3 is 6.03 Å². The summed E-state index contributed by atoms with van der Waals surface area (Å²) in [6.07, 6.45) is 2.04. The Morgan fingerprint density at radius 2 is 2.07 bits per heavy atom. The molecule has 5 nitrogen and oxygen atoms in total. The summed E-state index contributed by atoms with van der Waals surface area (Å²) in [5, 5.41) is 19.3. The lowest BCUT2D eigenvalue weighted by Gasteiger charge is -2.26. The molecule has 1 unspecified atom stereocenters. The Hall–Kier alpha value is -1.07. The summed E-state index contributed by atoms with van der Waals surface area (Å²) in [7, 11) is 0. The van der Waals surface area contributed by atoms with Crippen LogP contribution in [0.1, 0.15) is 20.3 Å². The molecule has 86 valence electrons. The van der Waals surface area contributed by atoms with Gasteiger partial charge in [0, 0.05) is 6.20 Å². The summed E-state index contributed by atoms with van der Waals surface area (Å²) in [4.78, 5) is 12.4. The second kappa shape index (κ2) is 4.63. The molecule has 1 rings (SSSR count). The number of aliphatic hydroxyl groups is 2. The average Bonchev–Trinajstić information content (AvgIpc) is 2.42. The van der Waals surface area contributed by atoms with Gasteiger partial charge in [0.1, 0.15) is 6.10 Å². The van der Waals surface area contributed by atoms with Crippen molar-refractivity contribution in [1.29, 1.82) is 0 Å². The Labute approximate surface area is 89.2 Å². The van der Waals surface area contributed by atoms with Gasteiger partial charge in [-0.15, -0.1) is 0 Å². The molecule has 0 aliphatic heterocycles. The van der Waals surface area contributed by atoms with Crippen molar-refractivity contribution in [3.8, 4) is 0 Å². The summed E-state index contributed by atoms with van der Waals surface area (Å²) in [5.41, 5.74) is 5.20. The fourth-order valence-electron chi connectivity index (χ4n) is 2.01. The van der Waals surface area contributed by atoms with Crippen molar-refractivity contribution in [2.45, 2.75) is 38.5 Å². The highest BCUT2D eigenvalue weighted by molar-refractivity contribution is 5.73. The molecular weight excluding hydrogens is 196 g/mol. The van der Waals surface area contributed by atoms with Crippen LogP contribution in [0.5, 0.6) is 0 Å². The first-order valence-corrected chi connectivity index (χ1v) is 5.05. The predicted octanol–water partition coefficient (Wildman–Crippen LogP) is 0.0309. The quantitative estimate of drug-likeness (QED) is 0.606. The molecule has 1 fully saturated rings. The molecule has 0 aromatic heterocycles. The van der Waals surface area contributed by atoms with E-state index in [0.29, 0.717) is 6.42 Å². The number of aliphatic hydroxyl groups excluding tert-OH is 2. The molecule has 1 aliphatic rings. The number of carbonyl (C=O) groups excluding carboxylic acids is 1. The lowest BCUT2D eigenvalue weighted by atomic mass is 10.1. The van der Waals surface area contributed by atoms with Crippen LogP contribution in [0.3, 0.4) is 0 Å². The van der Waals surface area contributed by atoms with Crippen LogP contribution in [0.25, 0.3) is 0 Å². The molecule has 5 heteroatoms. The van der Waals surface area contributed by atoms with Crippen LogP contribution in [-0.2, 0) is 0 Å². The molecule has 0 aromatic carbocycles. The number of hydrogen-bond donors (Lipinski definition) is 3. The predicted molar refractivity (Wildman–Crippen MR) is 55.8 cm³/mol. The SMILES string of the molecule is C/C=C\N(C(N)=O)C1C[C@H](C)[C@@H](O)[C@H]1O. The van der Waals surface area contributed by atoms with Crippen LogP contribution in [-0.4, -0.2) is 39.4 Å². The molecule has 15 heavy (non-hydrogen) atoms. The maximum atomic E-state index is 11.1. The van der Waals surface area contributed by atoms with Crippen molar-refractivity contribution >= 4 is 6.03 Å². The van der Waals surface area contributed by atoms with Crippen molar-refractivity contribution < 1.29 is 15.0 Å². The van der Waals surface area contributed by atoms with E-state index in [1.807, 2.05) is 6.92 Å². The largest absolute Gasteiger partial charge is 0.390 e. The topological polar surface area (TPSA) is 86.8 Å². The van der Waals surface area contributed by atoms with Gasteiger partial charge in [0.25, 0.3) is 0 Å². The molecule has 0 saturated heterocycles. The number of amides is 2. The Bertz CT molecular complexity index is 267. The molecular formula is C10H18N2O3. The van der Waals surface area contributed by atoms with E-state index in [1.165, 1.54) is 11.1 Å². The van der Waals surface area contributed by atoms with Gasteiger partial charge in [-0.3, -0.25) is 4.90 Å². The molecule has 1 aliphatic carbocycles. The Morgan fingerprint density at radius 3 is 2.40 bits per heavy atom. The minimum absolute atomic E-state index is 0.0305. The number of carbonyl (C=O) groups is 1. The maximum Gasteiger partial charge on any atom is 0.319 e. The van der Waals surface area contributed by atoms with Crippen LogP contribution >= 0.6 is 0 Å². The summed E-state index contributed by atoms with van der Waals surface area (Å²) in [5.74, 6) is -0.0305. The van der Waals surface area contributed by atoms with Crippen LogP contribution in [0, 0.1) is 5.92 Å². The third kappa shape index (κ3) is 2.30. The van der Waals surface area contributed by atoms with Crippen molar-refractivity contribution in [2.75, 3.05) is 0 Å². The van der Waals surface area contributed by atoms with E-state index in [9.17, 15) is 15.0 Å². The smallest absolute Gasteiger partial charge is 0.319 e. The highest BCUT2D eigenvalue weighted by Gasteiger charge is 2.42. The fraction of sp³-hybridized carbons (Fsp3) is 0.700. The Kier molecular flexibility index (Phi) is 3.71. The summed E-state index contributed by atoms with van der Waals surface area (Å²) >= 11 is 0. The van der Waals surface area contributed by atoms with Crippen molar-refractivity contribution in [3.05, 3.63) is 12.3 Å². The molecule has 0 radical (unpaired) electrons. The monoisotopic (exact) mass is 214 g/mol. The van der Waals surface area contributed by atoms with E-state index < -0.39 is 24.3 Å². The normalized spacial score (nSPS) is 36.0. The van der Waals surface area contributed by atoms with Gasteiger partial charge < -0.3 is 15.9 Å². The van der Waals surface area contributed by atoms with Gasteiger partial charge in [-0.1, -0.05) is 13.0 Å². The second-order valence-corrected chi connectivity index (χ2v) is 3.99. The van der Waals surface area contributed by atoms with Gasteiger partial charge in [-0.25, -0.2) is 4.79 Å². The first-order valence-electron chi connectivity index (χ1n) is 5.05. The number of primary amides is 1. The van der Waals surface area contributed by atoms with Crippen LogP contribution in [0.4, 0.5) is 4.79 Å². The zero-order chi connectivity index (χ0) is 11.6. The molecule has 1 saturated carbocycles. The van der Waals surface area contributed by atoms with E-state index in [-0.39, 0.29) is 5.92 Å². The molecule has 4 N–H and O–H groups in total. The second-order valence-electron chi connectivity index (χ2n) is 3.99. The molecule has 4 atom stereocenters. The summed E-state index contributed by atoms with van der Waals surface area (Å²) in [6.45, 7) is 3.60. The highest BCUT2D eigenvalue weighted by Crippen LogP contribution is 2.30. The van der Waals surface area contributed by atoms with E-state index in [4.69, 9.17) is 5.73 Å². The van der Waals surface area contributed by atoms with E-state index >= 15 is 0 Å². The fourth-order valence-corrected chi connectivity index (χ4v) is 2.01. The van der Waals surface area contributed by atoms with Crippen LogP contribution in [0.2, 0.25) is 0 Å². The number of nitrogens with two attached hydrogens (primary N) is 1. The standard InChI is InChI=1S/C10H18N2O3/c1-3-4-12(10(11)15)7-5-6(2)8(13)9(7)14/h3-4,6-9,13-14H,5H2,1-2H3,(H2,11,15)/b4-3-/t6-,7?,8+,9-/m0/s1. The Morgan fingerprint density at radius 1 is 1.47 bits per heavy atom. The van der Waals surface area contributed by atoms with Gasteiger partial charge in [-0.05, 0) is 19.3 Å². The number of rotatable bonds is 2. The first-order chi connectivity index (χ1) is 6.99. The molecule has 2 amide bonds. The summed E-state index contributed by atoms with van der Waals surface area (Å²) < 4.78 is 0. The third-order valence-corrected chi connectivity index (χ3v) is 2.86. The van der Waals surface area contributed by atoms with Gasteiger partial charge in [0.05, 0.1) is 12.1 Å². The number of allylic oxidation sites excluding steroid dienone is 1.